The number of hydrogen-bond acceptors (Lipinski definition) is 0. The summed E-state index contributed by atoms with van der Waals surface area (Å²) in [5.41, 5.74) is 5.49. The summed E-state index contributed by atoms with van der Waals surface area (Å²) in [6.07, 6.45) is 8.00. The lowest BCUT2D eigenvalue weighted by molar-refractivity contribution is 0.598. The lowest BCUT2D eigenvalue weighted by Crippen LogP contribution is -2.21. The van der Waals surface area contributed by atoms with E-state index in [0.29, 0.717) is 0 Å². The molecule has 0 spiro atoms. The van der Waals surface area contributed by atoms with E-state index in [9.17, 15) is 0 Å². The molecule has 100 valence electrons. The minimum atomic E-state index is 0.0892. The van der Waals surface area contributed by atoms with Crippen LogP contribution in [-0.4, -0.2) is 0 Å². The fourth-order valence-electron chi connectivity index (χ4n) is 2.87. The highest BCUT2D eigenvalue weighted by molar-refractivity contribution is 5.69. The van der Waals surface area contributed by atoms with Crippen LogP contribution in [0.5, 0.6) is 0 Å². The van der Waals surface area contributed by atoms with Gasteiger partial charge in [0.2, 0.25) is 0 Å². The van der Waals surface area contributed by atoms with Crippen LogP contribution in [0.4, 0.5) is 0 Å². The van der Waals surface area contributed by atoms with E-state index in [1.54, 1.807) is 0 Å². The zero-order chi connectivity index (χ0) is 14.0. The maximum absolute atomic E-state index is 2.35. The molecular weight excluding hydrogens is 240 g/mol. The molecular formula is C20H20. The van der Waals surface area contributed by atoms with E-state index in [1.165, 1.54) is 22.3 Å². The van der Waals surface area contributed by atoms with Crippen LogP contribution < -0.4 is 0 Å². The first-order chi connectivity index (χ1) is 9.69. The van der Waals surface area contributed by atoms with Crippen LogP contribution in [0.15, 0.2) is 78.4 Å². The fourth-order valence-corrected chi connectivity index (χ4v) is 2.87. The highest BCUT2D eigenvalue weighted by Crippen LogP contribution is 2.39. The second kappa shape index (κ2) is 5.13. The van der Waals surface area contributed by atoms with Crippen LogP contribution in [0.25, 0.3) is 11.1 Å². The van der Waals surface area contributed by atoms with E-state index < -0.39 is 0 Å². The van der Waals surface area contributed by atoms with Crippen molar-refractivity contribution in [2.75, 3.05) is 0 Å². The number of hydrogen-bond donors (Lipinski definition) is 0. The largest absolute Gasteiger partial charge is 0.0804 e. The lowest BCUT2D eigenvalue weighted by atomic mass is 9.73. The SMILES string of the molecule is CC1=CCC(C)(c2ccccc2-c2ccccc2)C=C1. The minimum absolute atomic E-state index is 0.0892. The molecule has 0 radical (unpaired) electrons. The number of allylic oxidation sites excluding steroid dienone is 4. The van der Waals surface area contributed by atoms with E-state index in [1.807, 2.05) is 0 Å². The lowest BCUT2D eigenvalue weighted by Gasteiger charge is -2.30. The van der Waals surface area contributed by atoms with Crippen molar-refractivity contribution in [2.24, 2.45) is 0 Å². The maximum atomic E-state index is 2.35. The topological polar surface area (TPSA) is 0 Å². The molecule has 0 saturated heterocycles. The monoisotopic (exact) mass is 260 g/mol. The predicted octanol–water partition coefficient (Wildman–Crippen LogP) is 5.52. The quantitative estimate of drug-likeness (QED) is 0.667. The van der Waals surface area contributed by atoms with E-state index in [2.05, 4.69) is 86.7 Å². The molecule has 2 aromatic carbocycles. The zero-order valence-corrected chi connectivity index (χ0v) is 12.1. The molecule has 20 heavy (non-hydrogen) atoms. The Labute approximate surface area is 121 Å². The van der Waals surface area contributed by atoms with E-state index >= 15 is 0 Å². The first-order valence-corrected chi connectivity index (χ1v) is 7.20. The van der Waals surface area contributed by atoms with Gasteiger partial charge < -0.3 is 0 Å². The van der Waals surface area contributed by atoms with Crippen molar-refractivity contribution in [3.8, 4) is 11.1 Å². The van der Waals surface area contributed by atoms with Crippen LogP contribution in [-0.2, 0) is 5.41 Å². The van der Waals surface area contributed by atoms with Gasteiger partial charge in [0.15, 0.2) is 0 Å². The van der Waals surface area contributed by atoms with Gasteiger partial charge in [-0.05, 0) is 30.0 Å². The average molecular weight is 260 g/mol. The van der Waals surface area contributed by atoms with Gasteiger partial charge in [-0.1, -0.05) is 85.3 Å². The maximum Gasteiger partial charge on any atom is 0.0147 e. The second-order valence-corrected chi connectivity index (χ2v) is 5.81. The van der Waals surface area contributed by atoms with Crippen molar-refractivity contribution in [3.63, 3.8) is 0 Å². The summed E-state index contributed by atoms with van der Waals surface area (Å²) < 4.78 is 0. The molecule has 1 aliphatic carbocycles. The van der Waals surface area contributed by atoms with E-state index in [0.717, 1.165) is 6.42 Å². The predicted molar refractivity (Wildman–Crippen MR) is 86.7 cm³/mol. The Bertz CT molecular complexity index is 661. The highest BCUT2D eigenvalue weighted by atomic mass is 14.3. The smallest absolute Gasteiger partial charge is 0.0147 e. The third-order valence-electron chi connectivity index (χ3n) is 4.19. The Morgan fingerprint density at radius 2 is 1.60 bits per heavy atom. The van der Waals surface area contributed by atoms with Gasteiger partial charge in [-0.25, -0.2) is 0 Å². The summed E-state index contributed by atoms with van der Waals surface area (Å²) in [4.78, 5) is 0. The third-order valence-corrected chi connectivity index (χ3v) is 4.19. The summed E-state index contributed by atoms with van der Waals surface area (Å²) >= 11 is 0. The van der Waals surface area contributed by atoms with Gasteiger partial charge in [-0.15, -0.1) is 0 Å². The van der Waals surface area contributed by atoms with Crippen molar-refractivity contribution < 1.29 is 0 Å². The van der Waals surface area contributed by atoms with Crippen molar-refractivity contribution >= 4 is 0 Å². The summed E-state index contributed by atoms with van der Waals surface area (Å²) in [5.74, 6) is 0. The van der Waals surface area contributed by atoms with Gasteiger partial charge in [0.25, 0.3) is 0 Å². The summed E-state index contributed by atoms with van der Waals surface area (Å²) in [5, 5.41) is 0. The number of benzene rings is 2. The van der Waals surface area contributed by atoms with Crippen molar-refractivity contribution in [1.82, 2.24) is 0 Å². The molecule has 0 heterocycles. The van der Waals surface area contributed by atoms with Crippen LogP contribution >= 0.6 is 0 Å². The van der Waals surface area contributed by atoms with E-state index in [4.69, 9.17) is 0 Å². The van der Waals surface area contributed by atoms with Gasteiger partial charge in [0.05, 0.1) is 0 Å². The van der Waals surface area contributed by atoms with Gasteiger partial charge >= 0.3 is 0 Å². The van der Waals surface area contributed by atoms with Gasteiger partial charge in [-0.3, -0.25) is 0 Å². The van der Waals surface area contributed by atoms with E-state index in [-0.39, 0.29) is 5.41 Å². The van der Waals surface area contributed by atoms with Crippen molar-refractivity contribution in [2.45, 2.75) is 25.7 Å². The Balaban J connectivity index is 2.10. The van der Waals surface area contributed by atoms with Crippen LogP contribution in [0, 0.1) is 0 Å². The van der Waals surface area contributed by atoms with Crippen molar-refractivity contribution in [1.29, 1.82) is 0 Å². The van der Waals surface area contributed by atoms with Crippen LogP contribution in [0.3, 0.4) is 0 Å². The average Bonchev–Trinajstić information content (AvgIpc) is 2.51. The first-order valence-electron chi connectivity index (χ1n) is 7.20. The minimum Gasteiger partial charge on any atom is -0.0804 e. The third kappa shape index (κ3) is 2.34. The molecule has 0 saturated carbocycles. The Kier molecular flexibility index (Phi) is 3.31. The standard InChI is InChI=1S/C20H20/c1-16-12-14-20(2,15-13-16)19-11-7-6-10-18(19)17-8-4-3-5-9-17/h3-14H,15H2,1-2H3. The second-order valence-electron chi connectivity index (χ2n) is 5.81. The van der Waals surface area contributed by atoms with Gasteiger partial charge in [0, 0.05) is 5.41 Å². The molecule has 0 aliphatic heterocycles. The molecule has 0 aromatic heterocycles. The Hall–Kier alpha value is -2.08. The fraction of sp³-hybridized carbons (Fsp3) is 0.200. The first kappa shape index (κ1) is 12.9. The molecule has 1 unspecified atom stereocenters. The molecule has 0 heteroatoms. The summed E-state index contributed by atoms with van der Waals surface area (Å²) in [7, 11) is 0. The summed E-state index contributed by atoms with van der Waals surface area (Å²) in [6, 6.07) is 19.4. The molecule has 1 atom stereocenters. The molecule has 0 N–H and O–H groups in total. The van der Waals surface area contributed by atoms with Crippen LogP contribution in [0.2, 0.25) is 0 Å². The van der Waals surface area contributed by atoms with Gasteiger partial charge in [0.1, 0.15) is 0 Å². The number of rotatable bonds is 2. The molecule has 1 aliphatic rings. The van der Waals surface area contributed by atoms with Crippen molar-refractivity contribution in [3.05, 3.63) is 84.0 Å². The molecule has 0 amide bonds. The normalized spacial score (nSPS) is 21.6. The molecule has 0 nitrogen and oxygen atoms in total. The highest BCUT2D eigenvalue weighted by Gasteiger charge is 2.26. The summed E-state index contributed by atoms with van der Waals surface area (Å²) in [6.45, 7) is 4.49. The van der Waals surface area contributed by atoms with Crippen LogP contribution in [0.1, 0.15) is 25.8 Å². The molecule has 0 fully saturated rings. The Morgan fingerprint density at radius 3 is 2.30 bits per heavy atom. The van der Waals surface area contributed by atoms with Gasteiger partial charge in [-0.2, -0.15) is 0 Å². The molecule has 3 rings (SSSR count). The molecule has 2 aromatic rings. The Morgan fingerprint density at radius 1 is 0.900 bits per heavy atom. The molecule has 0 bridgehead atoms. The zero-order valence-electron chi connectivity index (χ0n) is 12.1.